The monoisotopic (exact) mass is 343 g/mol. The van der Waals surface area contributed by atoms with Crippen molar-refractivity contribution < 1.29 is 23.2 Å². The lowest BCUT2D eigenvalue weighted by molar-refractivity contribution is -0.137. The van der Waals surface area contributed by atoms with E-state index in [9.17, 15) is 23.2 Å². The highest BCUT2D eigenvalue weighted by atomic mass is 32.2. The lowest BCUT2D eigenvalue weighted by Crippen LogP contribution is -2.49. The van der Waals surface area contributed by atoms with Gasteiger partial charge < -0.3 is 5.32 Å². The van der Waals surface area contributed by atoms with Gasteiger partial charge in [-0.3, -0.25) is 15.0 Å². The van der Waals surface area contributed by atoms with Crippen LogP contribution in [-0.2, 0) is 9.59 Å². The Hall–Kier alpha value is -2.16. The number of hydrazine groups is 1. The molecule has 0 radical (unpaired) electrons. The van der Waals surface area contributed by atoms with Crippen molar-refractivity contribution in [1.82, 2.24) is 15.8 Å². The summed E-state index contributed by atoms with van der Waals surface area (Å²) in [5.41, 5.74) is 1.16. The van der Waals surface area contributed by atoms with E-state index in [2.05, 4.69) is 10.7 Å². The van der Waals surface area contributed by atoms with E-state index >= 15 is 0 Å². The van der Waals surface area contributed by atoms with E-state index in [1.165, 1.54) is 6.07 Å². The number of rotatable bonds is 5. The van der Waals surface area contributed by atoms with E-state index in [-0.39, 0.29) is 5.75 Å². The van der Waals surface area contributed by atoms with Crippen LogP contribution in [0.3, 0.4) is 0 Å². The van der Waals surface area contributed by atoms with Gasteiger partial charge in [0, 0.05) is 4.90 Å². The van der Waals surface area contributed by atoms with Crippen molar-refractivity contribution in [3.05, 3.63) is 29.8 Å². The maximum absolute atomic E-state index is 13.1. The topological polar surface area (TPSA) is 78.5 Å². The SMILES string of the molecule is CCC1(C)NC(=O)N(NC(=O)CSc2ccc(F)c(F)c2)C1=O. The quantitative estimate of drug-likeness (QED) is 0.631. The van der Waals surface area contributed by atoms with Crippen LogP contribution in [0.1, 0.15) is 20.3 Å². The second kappa shape index (κ2) is 6.53. The fourth-order valence-electron chi connectivity index (χ4n) is 1.90. The predicted molar refractivity (Wildman–Crippen MR) is 79.3 cm³/mol. The highest BCUT2D eigenvalue weighted by Gasteiger charge is 2.47. The number of thioether (sulfide) groups is 1. The molecule has 124 valence electrons. The van der Waals surface area contributed by atoms with Crippen LogP contribution >= 0.6 is 11.8 Å². The number of carbonyl (C=O) groups excluding carboxylic acids is 3. The van der Waals surface area contributed by atoms with Gasteiger partial charge in [0.05, 0.1) is 5.75 Å². The van der Waals surface area contributed by atoms with Crippen LogP contribution in [0.2, 0.25) is 0 Å². The minimum absolute atomic E-state index is 0.162. The third-order valence-electron chi connectivity index (χ3n) is 3.47. The summed E-state index contributed by atoms with van der Waals surface area (Å²) in [4.78, 5) is 36.0. The van der Waals surface area contributed by atoms with Crippen LogP contribution in [0.25, 0.3) is 0 Å². The summed E-state index contributed by atoms with van der Waals surface area (Å²) in [6, 6.07) is 2.55. The molecule has 0 bridgehead atoms. The second-order valence-corrected chi connectivity index (χ2v) is 6.20. The van der Waals surface area contributed by atoms with Gasteiger partial charge in [-0.2, -0.15) is 5.01 Å². The highest BCUT2D eigenvalue weighted by Crippen LogP contribution is 2.21. The van der Waals surface area contributed by atoms with Gasteiger partial charge in [0.25, 0.3) is 5.91 Å². The fraction of sp³-hybridized carbons (Fsp3) is 0.357. The van der Waals surface area contributed by atoms with Gasteiger partial charge in [-0.05, 0) is 31.5 Å². The number of nitrogens with zero attached hydrogens (tertiary/aromatic N) is 1. The molecular weight excluding hydrogens is 328 g/mol. The fourth-order valence-corrected chi connectivity index (χ4v) is 2.61. The van der Waals surface area contributed by atoms with E-state index in [0.29, 0.717) is 16.3 Å². The molecular formula is C14H15F2N3O3S. The molecule has 1 atom stereocenters. The number of urea groups is 1. The Labute approximate surface area is 135 Å². The van der Waals surface area contributed by atoms with Crippen molar-refractivity contribution in [3.8, 4) is 0 Å². The normalized spacial score (nSPS) is 20.6. The maximum atomic E-state index is 13.1. The van der Waals surface area contributed by atoms with E-state index in [4.69, 9.17) is 0 Å². The van der Waals surface area contributed by atoms with Crippen LogP contribution in [-0.4, -0.2) is 34.1 Å². The van der Waals surface area contributed by atoms with Crippen LogP contribution in [0.4, 0.5) is 13.6 Å². The first-order chi connectivity index (χ1) is 10.8. The highest BCUT2D eigenvalue weighted by molar-refractivity contribution is 8.00. The molecule has 2 rings (SSSR count). The summed E-state index contributed by atoms with van der Waals surface area (Å²) >= 11 is 0.954. The molecule has 0 saturated carbocycles. The van der Waals surface area contributed by atoms with Gasteiger partial charge in [0.1, 0.15) is 5.54 Å². The molecule has 1 saturated heterocycles. The molecule has 1 fully saturated rings. The number of amides is 4. The zero-order valence-electron chi connectivity index (χ0n) is 12.5. The Bertz CT molecular complexity index is 671. The second-order valence-electron chi connectivity index (χ2n) is 5.16. The van der Waals surface area contributed by atoms with E-state index in [0.717, 1.165) is 23.9 Å². The van der Waals surface area contributed by atoms with E-state index in [1.807, 2.05) is 0 Å². The average molecular weight is 343 g/mol. The lowest BCUT2D eigenvalue weighted by atomic mass is 10.00. The molecule has 0 aliphatic carbocycles. The maximum Gasteiger partial charge on any atom is 0.344 e. The molecule has 2 N–H and O–H groups in total. The van der Waals surface area contributed by atoms with Crippen LogP contribution in [0.15, 0.2) is 23.1 Å². The van der Waals surface area contributed by atoms with Crippen molar-refractivity contribution in [2.24, 2.45) is 0 Å². The van der Waals surface area contributed by atoms with Crippen LogP contribution in [0, 0.1) is 11.6 Å². The number of benzene rings is 1. The summed E-state index contributed by atoms with van der Waals surface area (Å²) in [5, 5.41) is 3.13. The van der Waals surface area contributed by atoms with E-state index in [1.54, 1.807) is 13.8 Å². The lowest BCUT2D eigenvalue weighted by Gasteiger charge is -2.19. The number of carbonyl (C=O) groups is 3. The molecule has 0 spiro atoms. The van der Waals surface area contributed by atoms with Gasteiger partial charge in [-0.25, -0.2) is 13.6 Å². The first-order valence-corrected chi connectivity index (χ1v) is 7.79. The Kier molecular flexibility index (Phi) is 4.88. The third-order valence-corrected chi connectivity index (χ3v) is 4.46. The van der Waals surface area contributed by atoms with Gasteiger partial charge >= 0.3 is 6.03 Å². The van der Waals surface area contributed by atoms with Crippen molar-refractivity contribution in [1.29, 1.82) is 0 Å². The number of nitrogens with one attached hydrogen (secondary N) is 2. The molecule has 1 aliphatic heterocycles. The number of hydrogen-bond donors (Lipinski definition) is 2. The Balaban J connectivity index is 1.93. The Morgan fingerprint density at radius 1 is 1.35 bits per heavy atom. The number of hydrogen-bond acceptors (Lipinski definition) is 4. The van der Waals surface area contributed by atoms with Gasteiger partial charge in [0.15, 0.2) is 11.6 Å². The standard InChI is InChI=1S/C14H15F2N3O3S/c1-3-14(2)12(21)19(13(22)17-14)18-11(20)7-23-8-4-5-9(15)10(16)6-8/h4-6H,3,7H2,1-2H3,(H,17,22)(H,18,20). The van der Waals surface area contributed by atoms with Crippen molar-refractivity contribution >= 4 is 29.6 Å². The van der Waals surface area contributed by atoms with Crippen molar-refractivity contribution in [2.45, 2.75) is 30.7 Å². The van der Waals surface area contributed by atoms with Gasteiger partial charge in [0.2, 0.25) is 5.91 Å². The summed E-state index contributed by atoms with van der Waals surface area (Å²) in [6.07, 6.45) is 0.382. The molecule has 4 amide bonds. The molecule has 6 nitrogen and oxygen atoms in total. The summed E-state index contributed by atoms with van der Waals surface area (Å²) < 4.78 is 25.9. The first-order valence-electron chi connectivity index (χ1n) is 6.81. The van der Waals surface area contributed by atoms with Crippen LogP contribution in [0.5, 0.6) is 0 Å². The predicted octanol–water partition coefficient (Wildman–Crippen LogP) is 1.81. The Morgan fingerprint density at radius 2 is 2.04 bits per heavy atom. The molecule has 23 heavy (non-hydrogen) atoms. The Morgan fingerprint density at radius 3 is 2.61 bits per heavy atom. The smallest absolute Gasteiger partial charge is 0.322 e. The van der Waals surface area contributed by atoms with Crippen molar-refractivity contribution in [3.63, 3.8) is 0 Å². The molecule has 1 aliphatic rings. The first kappa shape index (κ1) is 17.2. The summed E-state index contributed by atoms with van der Waals surface area (Å²) in [5.74, 6) is -3.30. The van der Waals surface area contributed by atoms with Gasteiger partial charge in [-0.15, -0.1) is 11.8 Å². The molecule has 0 aromatic heterocycles. The number of imide groups is 1. The zero-order chi connectivity index (χ0) is 17.2. The third kappa shape index (κ3) is 3.61. The largest absolute Gasteiger partial charge is 0.344 e. The van der Waals surface area contributed by atoms with Crippen LogP contribution < -0.4 is 10.7 Å². The number of halogens is 2. The minimum atomic E-state index is -1.04. The zero-order valence-corrected chi connectivity index (χ0v) is 13.3. The van der Waals surface area contributed by atoms with E-state index < -0.39 is 35.0 Å². The summed E-state index contributed by atoms with van der Waals surface area (Å²) in [7, 11) is 0. The minimum Gasteiger partial charge on any atom is -0.322 e. The molecule has 1 unspecified atom stereocenters. The molecule has 1 aromatic carbocycles. The molecule has 1 heterocycles. The summed E-state index contributed by atoms with van der Waals surface area (Å²) in [6.45, 7) is 3.30. The average Bonchev–Trinajstić information content (AvgIpc) is 2.72. The molecule has 1 aromatic rings. The molecule has 9 heteroatoms. The van der Waals surface area contributed by atoms with Crippen molar-refractivity contribution in [2.75, 3.05) is 5.75 Å². The van der Waals surface area contributed by atoms with Gasteiger partial charge in [-0.1, -0.05) is 6.92 Å².